The summed E-state index contributed by atoms with van der Waals surface area (Å²) in [6, 6.07) is 3.80. The third kappa shape index (κ3) is 1.79. The molecule has 114 valence electrons. The third-order valence-electron chi connectivity index (χ3n) is 3.37. The van der Waals surface area contributed by atoms with Gasteiger partial charge < -0.3 is 29.2 Å². The molecule has 7 nitrogen and oxygen atoms in total. The molecule has 2 aromatic carbocycles. The van der Waals surface area contributed by atoms with Crippen LogP contribution in [0.3, 0.4) is 0 Å². The molecule has 0 spiro atoms. The van der Waals surface area contributed by atoms with E-state index in [9.17, 15) is 20.1 Å². The number of fused-ring (bicyclic) bond motifs is 2. The smallest absolute Gasteiger partial charge is 0.206 e. The highest BCUT2D eigenvalue weighted by Crippen LogP contribution is 2.42. The quantitative estimate of drug-likeness (QED) is 0.622. The van der Waals surface area contributed by atoms with Gasteiger partial charge in [0.05, 0.1) is 19.6 Å². The normalized spacial score (nSPS) is 11.0. The van der Waals surface area contributed by atoms with E-state index in [0.29, 0.717) is 0 Å². The largest absolute Gasteiger partial charge is 0.507 e. The van der Waals surface area contributed by atoms with Crippen molar-refractivity contribution in [1.82, 2.24) is 0 Å². The van der Waals surface area contributed by atoms with Gasteiger partial charge in [-0.3, -0.25) is 4.79 Å². The van der Waals surface area contributed by atoms with Gasteiger partial charge >= 0.3 is 0 Å². The first-order valence-corrected chi connectivity index (χ1v) is 6.24. The van der Waals surface area contributed by atoms with Crippen molar-refractivity contribution in [3.05, 3.63) is 28.4 Å². The number of phenols is 3. The zero-order valence-corrected chi connectivity index (χ0v) is 11.7. The van der Waals surface area contributed by atoms with Crippen molar-refractivity contribution in [1.29, 1.82) is 0 Å². The van der Waals surface area contributed by atoms with Crippen molar-refractivity contribution in [3.63, 3.8) is 0 Å². The van der Waals surface area contributed by atoms with Gasteiger partial charge in [0.15, 0.2) is 11.3 Å². The number of benzene rings is 2. The van der Waals surface area contributed by atoms with Crippen LogP contribution in [0.2, 0.25) is 0 Å². The SMILES string of the molecule is COc1cc(O)c2c(=O)c3cc(O)c(OC)c(O)c3oc2c1. The molecule has 0 saturated heterocycles. The minimum atomic E-state index is -0.593. The Balaban J connectivity index is 2.55. The van der Waals surface area contributed by atoms with E-state index in [4.69, 9.17) is 13.9 Å². The lowest BCUT2D eigenvalue weighted by atomic mass is 10.1. The number of aromatic hydroxyl groups is 3. The molecule has 0 aliphatic heterocycles. The van der Waals surface area contributed by atoms with Gasteiger partial charge in [-0.05, 0) is 6.07 Å². The summed E-state index contributed by atoms with van der Waals surface area (Å²) in [6.07, 6.45) is 0. The van der Waals surface area contributed by atoms with Crippen LogP contribution in [0.25, 0.3) is 21.9 Å². The summed E-state index contributed by atoms with van der Waals surface area (Å²) in [5.41, 5.74) is -0.707. The Labute approximate surface area is 123 Å². The molecule has 0 aliphatic rings. The highest BCUT2D eigenvalue weighted by molar-refractivity contribution is 5.97. The Morgan fingerprint density at radius 2 is 1.73 bits per heavy atom. The number of hydrogen-bond acceptors (Lipinski definition) is 7. The molecular formula is C15H12O7. The van der Waals surface area contributed by atoms with Gasteiger partial charge in [0, 0.05) is 12.1 Å². The molecule has 0 bridgehead atoms. The summed E-state index contributed by atoms with van der Waals surface area (Å²) in [5, 5.41) is 29.7. The van der Waals surface area contributed by atoms with Crippen molar-refractivity contribution in [2.45, 2.75) is 0 Å². The molecule has 0 atom stereocenters. The molecule has 0 amide bonds. The number of hydrogen-bond donors (Lipinski definition) is 3. The van der Waals surface area contributed by atoms with Crippen LogP contribution in [0, 0.1) is 0 Å². The van der Waals surface area contributed by atoms with Crippen LogP contribution in [0.15, 0.2) is 27.4 Å². The molecule has 0 fully saturated rings. The Morgan fingerprint density at radius 1 is 1.00 bits per heavy atom. The monoisotopic (exact) mass is 304 g/mol. The van der Waals surface area contributed by atoms with Crippen LogP contribution < -0.4 is 14.9 Å². The minimum absolute atomic E-state index is 0.0393. The van der Waals surface area contributed by atoms with Crippen LogP contribution in [0.4, 0.5) is 0 Å². The van der Waals surface area contributed by atoms with Crippen LogP contribution in [0.1, 0.15) is 0 Å². The van der Waals surface area contributed by atoms with E-state index >= 15 is 0 Å². The van der Waals surface area contributed by atoms with E-state index < -0.39 is 16.9 Å². The average Bonchev–Trinajstić information content (AvgIpc) is 2.48. The van der Waals surface area contributed by atoms with Gasteiger partial charge in [0.2, 0.25) is 16.9 Å². The number of rotatable bonds is 2. The van der Waals surface area contributed by atoms with Crippen molar-refractivity contribution in [2.24, 2.45) is 0 Å². The first-order valence-electron chi connectivity index (χ1n) is 6.24. The number of ether oxygens (including phenoxy) is 2. The van der Waals surface area contributed by atoms with E-state index in [2.05, 4.69) is 0 Å². The highest BCUT2D eigenvalue weighted by atomic mass is 16.5. The fourth-order valence-electron chi connectivity index (χ4n) is 2.34. The van der Waals surface area contributed by atoms with Crippen molar-refractivity contribution in [2.75, 3.05) is 14.2 Å². The minimum Gasteiger partial charge on any atom is -0.507 e. The maximum absolute atomic E-state index is 12.5. The fourth-order valence-corrected chi connectivity index (χ4v) is 2.34. The van der Waals surface area contributed by atoms with Crippen molar-refractivity contribution < 1.29 is 29.2 Å². The first kappa shape index (κ1) is 13.9. The second-order valence-electron chi connectivity index (χ2n) is 4.61. The topological polar surface area (TPSA) is 109 Å². The lowest BCUT2D eigenvalue weighted by molar-refractivity contribution is 0.344. The zero-order chi connectivity index (χ0) is 16.0. The molecule has 0 saturated carbocycles. The van der Waals surface area contributed by atoms with E-state index in [0.717, 1.165) is 6.07 Å². The zero-order valence-electron chi connectivity index (χ0n) is 11.7. The fraction of sp³-hybridized carbons (Fsp3) is 0.133. The molecule has 0 aliphatic carbocycles. The molecule has 3 aromatic rings. The van der Waals surface area contributed by atoms with E-state index in [1.807, 2.05) is 0 Å². The van der Waals surface area contributed by atoms with Crippen molar-refractivity contribution >= 4 is 21.9 Å². The van der Waals surface area contributed by atoms with Crippen LogP contribution in [0.5, 0.6) is 28.7 Å². The second kappa shape index (κ2) is 4.73. The Kier molecular flexibility index (Phi) is 2.98. The summed E-state index contributed by atoms with van der Waals surface area (Å²) >= 11 is 0. The van der Waals surface area contributed by atoms with Crippen LogP contribution in [-0.4, -0.2) is 29.5 Å². The molecule has 7 heteroatoms. The number of phenolic OH excluding ortho intramolecular Hbond substituents is 3. The third-order valence-corrected chi connectivity index (χ3v) is 3.37. The predicted octanol–water partition coefficient (Wildman–Crippen LogP) is 2.08. The van der Waals surface area contributed by atoms with E-state index in [1.165, 1.54) is 26.4 Å². The predicted molar refractivity (Wildman–Crippen MR) is 78.1 cm³/mol. The van der Waals surface area contributed by atoms with Gasteiger partial charge in [-0.25, -0.2) is 0 Å². The summed E-state index contributed by atoms with van der Waals surface area (Å²) in [4.78, 5) is 12.5. The highest BCUT2D eigenvalue weighted by Gasteiger charge is 2.20. The Morgan fingerprint density at radius 3 is 2.36 bits per heavy atom. The standard InChI is InChI=1S/C15H12O7/c1-20-6-3-8(16)11-10(4-6)22-14-7(12(11)18)5-9(17)15(21-2)13(14)19/h3-5,16-17,19H,1-2H3. The molecule has 0 unspecified atom stereocenters. The summed E-state index contributed by atoms with van der Waals surface area (Å²) in [7, 11) is 2.66. The maximum atomic E-state index is 12.5. The molecule has 1 aromatic heterocycles. The molecule has 3 rings (SSSR count). The molecule has 1 heterocycles. The summed E-state index contributed by atoms with van der Waals surface area (Å²) in [5.74, 6) is -1.15. The van der Waals surface area contributed by atoms with Gasteiger partial charge in [-0.1, -0.05) is 0 Å². The van der Waals surface area contributed by atoms with E-state index in [-0.39, 0.29) is 39.2 Å². The maximum Gasteiger partial charge on any atom is 0.206 e. The van der Waals surface area contributed by atoms with Gasteiger partial charge in [-0.15, -0.1) is 0 Å². The lowest BCUT2D eigenvalue weighted by Crippen LogP contribution is -2.03. The molecule has 22 heavy (non-hydrogen) atoms. The average molecular weight is 304 g/mol. The first-order chi connectivity index (χ1) is 10.5. The number of methoxy groups -OCH3 is 2. The van der Waals surface area contributed by atoms with Crippen LogP contribution in [-0.2, 0) is 0 Å². The van der Waals surface area contributed by atoms with Crippen LogP contribution >= 0.6 is 0 Å². The van der Waals surface area contributed by atoms with Gasteiger partial charge in [0.25, 0.3) is 0 Å². The lowest BCUT2D eigenvalue weighted by Gasteiger charge is -2.10. The van der Waals surface area contributed by atoms with Gasteiger partial charge in [0.1, 0.15) is 22.5 Å². The van der Waals surface area contributed by atoms with Crippen molar-refractivity contribution in [3.8, 4) is 28.7 Å². The summed E-state index contributed by atoms with van der Waals surface area (Å²) < 4.78 is 15.4. The molecule has 0 radical (unpaired) electrons. The van der Waals surface area contributed by atoms with E-state index in [1.54, 1.807) is 0 Å². The second-order valence-corrected chi connectivity index (χ2v) is 4.61. The summed E-state index contributed by atoms with van der Waals surface area (Å²) in [6.45, 7) is 0. The Hall–Kier alpha value is -3.09. The Bertz CT molecular complexity index is 956. The molecular weight excluding hydrogens is 292 g/mol. The van der Waals surface area contributed by atoms with Gasteiger partial charge in [-0.2, -0.15) is 0 Å². The molecule has 3 N–H and O–H groups in total.